The Hall–Kier alpha value is -2.73. The highest BCUT2D eigenvalue weighted by Crippen LogP contribution is 2.41. The fourth-order valence-corrected chi connectivity index (χ4v) is 3.28. The molecule has 0 saturated heterocycles. The molecule has 0 aliphatic carbocycles. The average molecular weight is 325 g/mol. The van der Waals surface area contributed by atoms with Gasteiger partial charge in [0.2, 0.25) is 5.91 Å². The number of carbonyl (C=O) groups excluding carboxylic acids is 1. The molecule has 2 aromatic heterocycles. The van der Waals surface area contributed by atoms with Crippen molar-refractivity contribution >= 4 is 22.4 Å². The minimum atomic E-state index is -0.147. The minimum Gasteiger partial charge on any atom is -0.496 e. The molecule has 5 nitrogen and oxygen atoms in total. The highest BCUT2D eigenvalue weighted by molar-refractivity contribution is 7.19. The lowest BCUT2D eigenvalue weighted by atomic mass is 10.1. The summed E-state index contributed by atoms with van der Waals surface area (Å²) in [6.07, 6.45) is 3.47. The highest BCUT2D eigenvalue weighted by Gasteiger charge is 2.18. The lowest BCUT2D eigenvalue weighted by molar-refractivity contribution is -0.114. The number of rotatable bonds is 4. The smallest absolute Gasteiger partial charge is 0.223 e. The molecule has 0 bridgehead atoms. The molecule has 0 spiro atoms. The molecular weight excluding hydrogens is 310 g/mol. The zero-order valence-corrected chi connectivity index (χ0v) is 13.6. The van der Waals surface area contributed by atoms with Gasteiger partial charge in [0.25, 0.3) is 0 Å². The molecule has 0 unspecified atom stereocenters. The largest absolute Gasteiger partial charge is 0.496 e. The summed E-state index contributed by atoms with van der Waals surface area (Å²) >= 11 is 1.43. The summed E-state index contributed by atoms with van der Waals surface area (Å²) in [5.74, 6) is 0.592. The fraction of sp³-hybridized carbons (Fsp3) is 0.118. The summed E-state index contributed by atoms with van der Waals surface area (Å²) in [7, 11) is 1.63. The number of hydrogen-bond donors (Lipinski definition) is 1. The van der Waals surface area contributed by atoms with Crippen LogP contribution in [0.25, 0.3) is 21.7 Å². The monoisotopic (exact) mass is 325 g/mol. The van der Waals surface area contributed by atoms with E-state index >= 15 is 0 Å². The molecule has 0 saturated carbocycles. The van der Waals surface area contributed by atoms with Crippen LogP contribution in [0.1, 0.15) is 6.92 Å². The number of amides is 1. The maximum Gasteiger partial charge on any atom is 0.223 e. The first-order valence-corrected chi connectivity index (χ1v) is 7.83. The van der Waals surface area contributed by atoms with Crippen molar-refractivity contribution in [1.82, 2.24) is 9.97 Å². The van der Waals surface area contributed by atoms with E-state index in [9.17, 15) is 4.79 Å². The number of pyridine rings is 1. The van der Waals surface area contributed by atoms with Gasteiger partial charge in [0, 0.05) is 24.9 Å². The molecule has 0 fully saturated rings. The van der Waals surface area contributed by atoms with E-state index in [2.05, 4.69) is 15.3 Å². The molecule has 3 rings (SSSR count). The third-order valence-electron chi connectivity index (χ3n) is 3.21. The zero-order chi connectivity index (χ0) is 16.2. The molecule has 6 heteroatoms. The van der Waals surface area contributed by atoms with Gasteiger partial charge in [-0.25, -0.2) is 4.98 Å². The molecule has 0 radical (unpaired) electrons. The van der Waals surface area contributed by atoms with E-state index in [1.165, 1.54) is 18.3 Å². The topological polar surface area (TPSA) is 64.1 Å². The fourth-order valence-electron chi connectivity index (χ4n) is 2.25. The molecule has 23 heavy (non-hydrogen) atoms. The maximum atomic E-state index is 11.4. The van der Waals surface area contributed by atoms with Gasteiger partial charge in [0.1, 0.15) is 5.75 Å². The van der Waals surface area contributed by atoms with Gasteiger partial charge in [-0.3, -0.25) is 9.78 Å². The van der Waals surface area contributed by atoms with Crippen molar-refractivity contribution in [3.63, 3.8) is 0 Å². The predicted octanol–water partition coefficient (Wildman–Crippen LogP) is 3.84. The predicted molar refractivity (Wildman–Crippen MR) is 91.6 cm³/mol. The van der Waals surface area contributed by atoms with Crippen LogP contribution in [0, 0.1) is 0 Å². The molecule has 1 amide bonds. The third kappa shape index (κ3) is 3.22. The number of nitrogens with zero attached hydrogens (tertiary/aromatic N) is 2. The zero-order valence-electron chi connectivity index (χ0n) is 12.7. The van der Waals surface area contributed by atoms with Gasteiger partial charge in [0.15, 0.2) is 5.13 Å². The van der Waals surface area contributed by atoms with Crippen LogP contribution in [-0.4, -0.2) is 23.0 Å². The van der Waals surface area contributed by atoms with Crippen LogP contribution in [0.2, 0.25) is 0 Å². The Morgan fingerprint density at radius 3 is 2.61 bits per heavy atom. The molecule has 0 aliphatic rings. The molecule has 0 atom stereocenters. The molecule has 2 heterocycles. The van der Waals surface area contributed by atoms with Crippen LogP contribution in [0.15, 0.2) is 48.8 Å². The second kappa shape index (κ2) is 6.58. The van der Waals surface area contributed by atoms with Crippen molar-refractivity contribution in [2.45, 2.75) is 6.92 Å². The second-order valence-corrected chi connectivity index (χ2v) is 5.81. The lowest BCUT2D eigenvalue weighted by Crippen LogP contribution is -2.04. The quantitative estimate of drug-likeness (QED) is 0.791. The van der Waals surface area contributed by atoms with Crippen molar-refractivity contribution < 1.29 is 9.53 Å². The van der Waals surface area contributed by atoms with Crippen LogP contribution in [0.3, 0.4) is 0 Å². The van der Waals surface area contributed by atoms with Crippen LogP contribution in [-0.2, 0) is 4.79 Å². The Labute approximate surface area is 138 Å². The van der Waals surface area contributed by atoms with E-state index in [0.29, 0.717) is 5.13 Å². The lowest BCUT2D eigenvalue weighted by Gasteiger charge is -2.07. The maximum absolute atomic E-state index is 11.4. The van der Waals surface area contributed by atoms with Crippen molar-refractivity contribution in [2.75, 3.05) is 12.4 Å². The minimum absolute atomic E-state index is 0.147. The van der Waals surface area contributed by atoms with Crippen molar-refractivity contribution in [2.24, 2.45) is 0 Å². The third-order valence-corrected chi connectivity index (χ3v) is 4.23. The molecular formula is C17H15N3O2S. The molecule has 0 aliphatic heterocycles. The summed E-state index contributed by atoms with van der Waals surface area (Å²) in [6, 6.07) is 11.5. The van der Waals surface area contributed by atoms with E-state index in [4.69, 9.17) is 4.74 Å². The highest BCUT2D eigenvalue weighted by atomic mass is 32.1. The van der Waals surface area contributed by atoms with Crippen LogP contribution < -0.4 is 10.1 Å². The van der Waals surface area contributed by atoms with Crippen molar-refractivity contribution in [3.8, 4) is 27.4 Å². The normalized spacial score (nSPS) is 10.3. The van der Waals surface area contributed by atoms with E-state index in [0.717, 1.165) is 27.4 Å². The van der Waals surface area contributed by atoms with Crippen molar-refractivity contribution in [3.05, 3.63) is 48.8 Å². The Morgan fingerprint density at radius 1 is 1.17 bits per heavy atom. The number of para-hydroxylation sites is 1. The molecule has 1 N–H and O–H groups in total. The number of ether oxygens (including phenoxy) is 1. The number of hydrogen-bond acceptors (Lipinski definition) is 5. The van der Waals surface area contributed by atoms with Gasteiger partial charge >= 0.3 is 0 Å². The summed E-state index contributed by atoms with van der Waals surface area (Å²) < 4.78 is 5.45. The number of thiazole rings is 1. The summed E-state index contributed by atoms with van der Waals surface area (Å²) in [4.78, 5) is 21.0. The SMILES string of the molecule is COc1ccccc1-c1nc(NC(C)=O)sc1-c1ccncc1. The summed E-state index contributed by atoms with van der Waals surface area (Å²) in [5, 5.41) is 3.31. The van der Waals surface area contributed by atoms with Gasteiger partial charge in [-0.2, -0.15) is 0 Å². The Balaban J connectivity index is 2.18. The Kier molecular flexibility index (Phi) is 4.34. The van der Waals surface area contributed by atoms with E-state index in [1.807, 2.05) is 36.4 Å². The van der Waals surface area contributed by atoms with Gasteiger partial charge in [0.05, 0.1) is 17.7 Å². The number of methoxy groups -OCH3 is 1. The standard InChI is InChI=1S/C17H15N3O2S/c1-11(21)19-17-20-15(13-5-3-4-6-14(13)22-2)16(23-17)12-7-9-18-10-8-12/h3-10H,1-2H3,(H,19,20,21). The van der Waals surface area contributed by atoms with Crippen molar-refractivity contribution in [1.29, 1.82) is 0 Å². The van der Waals surface area contributed by atoms with E-state index in [-0.39, 0.29) is 5.91 Å². The molecule has 1 aromatic carbocycles. The average Bonchev–Trinajstić information content (AvgIpc) is 2.98. The Morgan fingerprint density at radius 2 is 1.91 bits per heavy atom. The number of carbonyl (C=O) groups is 1. The number of aromatic nitrogens is 2. The van der Waals surface area contributed by atoms with Gasteiger partial charge in [-0.1, -0.05) is 23.5 Å². The molecule has 3 aromatic rings. The first-order chi connectivity index (χ1) is 11.2. The second-order valence-electron chi connectivity index (χ2n) is 4.81. The first-order valence-electron chi connectivity index (χ1n) is 7.01. The first kappa shape index (κ1) is 15.2. The number of benzene rings is 1. The van der Waals surface area contributed by atoms with E-state index in [1.54, 1.807) is 19.5 Å². The molecule has 116 valence electrons. The van der Waals surface area contributed by atoms with Gasteiger partial charge < -0.3 is 10.1 Å². The summed E-state index contributed by atoms with van der Waals surface area (Å²) in [6.45, 7) is 1.47. The van der Waals surface area contributed by atoms with E-state index < -0.39 is 0 Å². The van der Waals surface area contributed by atoms with Gasteiger partial charge in [-0.15, -0.1) is 0 Å². The Bertz CT molecular complexity index is 831. The van der Waals surface area contributed by atoms with Gasteiger partial charge in [-0.05, 0) is 29.8 Å². The van der Waals surface area contributed by atoms with Crippen LogP contribution in [0.5, 0.6) is 5.75 Å². The number of nitrogens with one attached hydrogen (secondary N) is 1. The number of anilines is 1. The van der Waals surface area contributed by atoms with Crippen LogP contribution in [0.4, 0.5) is 5.13 Å². The van der Waals surface area contributed by atoms with Crippen LogP contribution >= 0.6 is 11.3 Å². The summed E-state index contributed by atoms with van der Waals surface area (Å²) in [5.41, 5.74) is 2.66.